The summed E-state index contributed by atoms with van der Waals surface area (Å²) >= 11 is 1.34. The molecule has 0 atom stereocenters. The molecule has 0 aliphatic rings. The standard InChI is InChI=1S/C14H10N2OS/c15-11-10-7-4-8-16-14(10)18-13(11)12(17)9-5-2-1-3-6-9/h1-8H,15H2. The van der Waals surface area contributed by atoms with Gasteiger partial charge in [-0.15, -0.1) is 11.3 Å². The van der Waals surface area contributed by atoms with Crippen molar-refractivity contribution in [3.05, 3.63) is 59.1 Å². The van der Waals surface area contributed by atoms with Gasteiger partial charge in [-0.05, 0) is 12.1 Å². The number of carbonyl (C=O) groups is 1. The smallest absolute Gasteiger partial charge is 0.205 e. The molecule has 0 fully saturated rings. The third kappa shape index (κ3) is 1.67. The number of thiophene rings is 1. The highest BCUT2D eigenvalue weighted by molar-refractivity contribution is 7.21. The molecule has 1 aromatic carbocycles. The van der Waals surface area contributed by atoms with Gasteiger partial charge in [0.15, 0.2) is 0 Å². The highest BCUT2D eigenvalue weighted by Gasteiger charge is 2.17. The van der Waals surface area contributed by atoms with Gasteiger partial charge in [-0.1, -0.05) is 30.3 Å². The largest absolute Gasteiger partial charge is 0.397 e. The maximum atomic E-state index is 12.3. The number of benzene rings is 1. The zero-order valence-corrected chi connectivity index (χ0v) is 10.3. The van der Waals surface area contributed by atoms with Crippen molar-refractivity contribution >= 4 is 33.0 Å². The van der Waals surface area contributed by atoms with Gasteiger partial charge >= 0.3 is 0 Å². The fourth-order valence-electron chi connectivity index (χ4n) is 1.84. The van der Waals surface area contributed by atoms with Crippen LogP contribution in [0.15, 0.2) is 48.7 Å². The summed E-state index contributed by atoms with van der Waals surface area (Å²) < 4.78 is 0. The number of hydrogen-bond donors (Lipinski definition) is 1. The lowest BCUT2D eigenvalue weighted by molar-refractivity contribution is 0.104. The topological polar surface area (TPSA) is 56.0 Å². The number of carbonyl (C=O) groups excluding carboxylic acids is 1. The predicted molar refractivity (Wildman–Crippen MR) is 73.9 cm³/mol. The molecule has 0 aliphatic carbocycles. The van der Waals surface area contributed by atoms with E-state index in [2.05, 4.69) is 4.98 Å². The lowest BCUT2D eigenvalue weighted by atomic mass is 10.1. The van der Waals surface area contributed by atoms with E-state index in [1.54, 1.807) is 18.3 Å². The van der Waals surface area contributed by atoms with Crippen molar-refractivity contribution in [1.82, 2.24) is 4.98 Å². The van der Waals surface area contributed by atoms with E-state index in [1.807, 2.05) is 30.3 Å². The first-order valence-electron chi connectivity index (χ1n) is 5.50. The highest BCUT2D eigenvalue weighted by Crippen LogP contribution is 2.33. The van der Waals surface area contributed by atoms with Gasteiger partial charge in [-0.3, -0.25) is 4.79 Å². The number of nitrogens with two attached hydrogens (primary N) is 1. The summed E-state index contributed by atoms with van der Waals surface area (Å²) in [7, 11) is 0. The molecule has 2 N–H and O–H groups in total. The van der Waals surface area contributed by atoms with Gasteiger partial charge in [0, 0.05) is 17.1 Å². The fraction of sp³-hybridized carbons (Fsp3) is 0. The van der Waals surface area contributed by atoms with E-state index in [9.17, 15) is 4.79 Å². The third-order valence-electron chi connectivity index (χ3n) is 2.75. The lowest BCUT2D eigenvalue weighted by Gasteiger charge is -1.98. The van der Waals surface area contributed by atoms with Crippen LogP contribution in [-0.2, 0) is 0 Å². The van der Waals surface area contributed by atoms with Crippen LogP contribution in [0.5, 0.6) is 0 Å². The van der Waals surface area contributed by atoms with Crippen LogP contribution in [0.25, 0.3) is 10.2 Å². The number of pyridine rings is 1. The molecular weight excluding hydrogens is 244 g/mol. The van der Waals surface area contributed by atoms with Gasteiger partial charge in [0.2, 0.25) is 5.78 Å². The zero-order chi connectivity index (χ0) is 12.5. The van der Waals surface area contributed by atoms with E-state index in [4.69, 9.17) is 5.73 Å². The van der Waals surface area contributed by atoms with Gasteiger partial charge in [0.25, 0.3) is 0 Å². The normalized spacial score (nSPS) is 10.7. The number of nitrogen functional groups attached to an aromatic ring is 1. The van der Waals surface area contributed by atoms with Gasteiger partial charge in [0.05, 0.1) is 5.69 Å². The molecule has 2 heterocycles. The Kier molecular flexibility index (Phi) is 2.57. The molecular formula is C14H10N2OS. The molecule has 0 aliphatic heterocycles. The molecule has 0 saturated carbocycles. The van der Waals surface area contributed by atoms with Crippen molar-refractivity contribution in [2.24, 2.45) is 0 Å². The van der Waals surface area contributed by atoms with Crippen LogP contribution in [0.1, 0.15) is 15.2 Å². The average Bonchev–Trinajstić information content (AvgIpc) is 2.77. The van der Waals surface area contributed by atoms with Gasteiger partial charge in [0.1, 0.15) is 9.71 Å². The summed E-state index contributed by atoms with van der Waals surface area (Å²) in [5.41, 5.74) is 7.20. The first kappa shape index (κ1) is 10.9. The Labute approximate surface area is 108 Å². The minimum Gasteiger partial charge on any atom is -0.397 e. The number of anilines is 1. The van der Waals surface area contributed by atoms with Crippen LogP contribution in [-0.4, -0.2) is 10.8 Å². The molecule has 0 unspecified atom stereocenters. The first-order valence-corrected chi connectivity index (χ1v) is 6.32. The summed E-state index contributed by atoms with van der Waals surface area (Å²) in [5.74, 6) is -0.0453. The number of aromatic nitrogens is 1. The molecule has 3 nitrogen and oxygen atoms in total. The van der Waals surface area contributed by atoms with Crippen LogP contribution in [0.2, 0.25) is 0 Å². The Bertz CT molecular complexity index is 719. The minimum absolute atomic E-state index is 0.0453. The Morgan fingerprint density at radius 1 is 1.11 bits per heavy atom. The SMILES string of the molecule is Nc1c(C(=O)c2ccccc2)sc2ncccc12. The Morgan fingerprint density at radius 2 is 1.89 bits per heavy atom. The van der Waals surface area contributed by atoms with Gasteiger partial charge < -0.3 is 5.73 Å². The van der Waals surface area contributed by atoms with Crippen molar-refractivity contribution in [3.63, 3.8) is 0 Å². The molecule has 3 aromatic rings. The number of hydrogen-bond acceptors (Lipinski definition) is 4. The number of fused-ring (bicyclic) bond motifs is 1. The van der Waals surface area contributed by atoms with E-state index >= 15 is 0 Å². The van der Waals surface area contributed by atoms with E-state index in [0.717, 1.165) is 10.2 Å². The first-order chi connectivity index (χ1) is 8.77. The predicted octanol–water partition coefficient (Wildman–Crippen LogP) is 3.11. The summed E-state index contributed by atoms with van der Waals surface area (Å²) in [6.07, 6.45) is 1.70. The van der Waals surface area contributed by atoms with Gasteiger partial charge in [-0.25, -0.2) is 4.98 Å². The molecule has 0 radical (unpaired) electrons. The van der Waals surface area contributed by atoms with Crippen LogP contribution >= 0.6 is 11.3 Å². The second-order valence-corrected chi connectivity index (χ2v) is 4.90. The van der Waals surface area contributed by atoms with E-state index in [0.29, 0.717) is 16.1 Å². The molecule has 0 spiro atoms. The van der Waals surface area contributed by atoms with Crippen molar-refractivity contribution in [2.45, 2.75) is 0 Å². The van der Waals surface area contributed by atoms with Crippen LogP contribution < -0.4 is 5.73 Å². The molecule has 4 heteroatoms. The van der Waals surface area contributed by atoms with Crippen LogP contribution in [0.4, 0.5) is 5.69 Å². The second kappa shape index (κ2) is 4.23. The monoisotopic (exact) mass is 254 g/mol. The maximum absolute atomic E-state index is 12.3. The van der Waals surface area contributed by atoms with Crippen molar-refractivity contribution < 1.29 is 4.79 Å². The zero-order valence-electron chi connectivity index (χ0n) is 9.46. The molecule has 0 saturated heterocycles. The van der Waals surface area contributed by atoms with E-state index in [-0.39, 0.29) is 5.78 Å². The van der Waals surface area contributed by atoms with Crippen molar-refractivity contribution in [1.29, 1.82) is 0 Å². The van der Waals surface area contributed by atoms with Gasteiger partial charge in [-0.2, -0.15) is 0 Å². The second-order valence-electron chi connectivity index (χ2n) is 3.90. The molecule has 88 valence electrons. The lowest BCUT2D eigenvalue weighted by Crippen LogP contribution is -2.01. The van der Waals surface area contributed by atoms with E-state index in [1.165, 1.54) is 11.3 Å². The van der Waals surface area contributed by atoms with Crippen LogP contribution in [0, 0.1) is 0 Å². The van der Waals surface area contributed by atoms with Crippen molar-refractivity contribution in [3.8, 4) is 0 Å². The summed E-state index contributed by atoms with van der Waals surface area (Å²) in [5, 5.41) is 0.849. The Balaban J connectivity index is 2.15. The molecule has 18 heavy (non-hydrogen) atoms. The maximum Gasteiger partial charge on any atom is 0.205 e. The van der Waals surface area contributed by atoms with Crippen LogP contribution in [0.3, 0.4) is 0 Å². The highest BCUT2D eigenvalue weighted by atomic mass is 32.1. The summed E-state index contributed by atoms with van der Waals surface area (Å²) in [6.45, 7) is 0. The Morgan fingerprint density at radius 3 is 2.61 bits per heavy atom. The van der Waals surface area contributed by atoms with Crippen molar-refractivity contribution in [2.75, 3.05) is 5.73 Å². The third-order valence-corrected chi connectivity index (χ3v) is 3.87. The average molecular weight is 254 g/mol. The molecule has 2 aromatic heterocycles. The number of rotatable bonds is 2. The number of ketones is 1. The molecule has 3 rings (SSSR count). The Hall–Kier alpha value is -2.20. The summed E-state index contributed by atoms with van der Waals surface area (Å²) in [6, 6.07) is 12.9. The summed E-state index contributed by atoms with van der Waals surface area (Å²) in [4.78, 5) is 17.9. The minimum atomic E-state index is -0.0453. The molecule has 0 bridgehead atoms. The fourth-order valence-corrected chi connectivity index (χ4v) is 2.87. The quantitative estimate of drug-likeness (QED) is 0.715. The number of nitrogens with zero attached hydrogens (tertiary/aromatic N) is 1. The molecule has 0 amide bonds. The van der Waals surface area contributed by atoms with E-state index < -0.39 is 0 Å².